The van der Waals surface area contributed by atoms with Crippen LogP contribution in [0.2, 0.25) is 0 Å². The molecule has 2 atom stereocenters. The number of hydrogen-bond donors (Lipinski definition) is 1. The van der Waals surface area contributed by atoms with Crippen LogP contribution in [0.15, 0.2) is 10.6 Å². The maximum absolute atomic E-state index is 11.9. The third-order valence-electron chi connectivity index (χ3n) is 2.90. The predicted molar refractivity (Wildman–Crippen MR) is 58.6 cm³/mol. The Morgan fingerprint density at radius 2 is 2.50 bits per heavy atom. The second-order valence-electron chi connectivity index (χ2n) is 4.35. The van der Waals surface area contributed by atoms with Crippen LogP contribution in [0.4, 0.5) is 0 Å². The molecule has 0 aliphatic carbocycles. The highest BCUT2D eigenvalue weighted by atomic mass is 16.5. The summed E-state index contributed by atoms with van der Waals surface area (Å²) in [5.74, 6) is 0.751. The molecule has 0 spiro atoms. The van der Waals surface area contributed by atoms with Crippen LogP contribution in [-0.4, -0.2) is 28.6 Å². The van der Waals surface area contributed by atoms with Crippen LogP contribution in [-0.2, 0) is 4.79 Å². The first kappa shape index (κ1) is 11.1. The predicted octanol–water partition coefficient (Wildman–Crippen LogP) is 0.994. The Hall–Kier alpha value is -1.36. The Labute approximate surface area is 94.6 Å². The van der Waals surface area contributed by atoms with Gasteiger partial charge in [-0.05, 0) is 26.7 Å². The van der Waals surface area contributed by atoms with Crippen molar-refractivity contribution in [2.24, 2.45) is 5.73 Å². The van der Waals surface area contributed by atoms with Gasteiger partial charge in [0.2, 0.25) is 5.91 Å². The SMILES string of the molecule is Cc1cc(C2CCCN2C(=O)C(C)N)on1. The molecular weight excluding hydrogens is 206 g/mol. The summed E-state index contributed by atoms with van der Waals surface area (Å²) in [6.45, 7) is 4.34. The van der Waals surface area contributed by atoms with Crippen LogP contribution in [0.3, 0.4) is 0 Å². The fourth-order valence-corrected chi connectivity index (χ4v) is 2.13. The lowest BCUT2D eigenvalue weighted by Crippen LogP contribution is -2.41. The summed E-state index contributed by atoms with van der Waals surface area (Å²) in [6.07, 6.45) is 1.91. The van der Waals surface area contributed by atoms with Crippen molar-refractivity contribution in [2.75, 3.05) is 6.54 Å². The lowest BCUT2D eigenvalue weighted by molar-refractivity contribution is -0.133. The number of nitrogens with zero attached hydrogens (tertiary/aromatic N) is 2. The normalized spacial score (nSPS) is 22.4. The average molecular weight is 223 g/mol. The van der Waals surface area contributed by atoms with Gasteiger partial charge in [-0.3, -0.25) is 4.79 Å². The van der Waals surface area contributed by atoms with Crippen LogP contribution in [0.5, 0.6) is 0 Å². The molecule has 1 aromatic heterocycles. The zero-order chi connectivity index (χ0) is 11.7. The van der Waals surface area contributed by atoms with Gasteiger partial charge in [0.15, 0.2) is 5.76 Å². The Morgan fingerprint density at radius 1 is 1.75 bits per heavy atom. The molecule has 2 rings (SSSR count). The molecule has 0 aromatic carbocycles. The summed E-state index contributed by atoms with van der Waals surface area (Å²) in [5.41, 5.74) is 6.47. The number of aromatic nitrogens is 1. The van der Waals surface area contributed by atoms with Gasteiger partial charge in [-0.1, -0.05) is 5.16 Å². The van der Waals surface area contributed by atoms with E-state index >= 15 is 0 Å². The van der Waals surface area contributed by atoms with Crippen molar-refractivity contribution in [3.05, 3.63) is 17.5 Å². The van der Waals surface area contributed by atoms with Crippen molar-refractivity contribution in [3.63, 3.8) is 0 Å². The van der Waals surface area contributed by atoms with E-state index in [9.17, 15) is 4.79 Å². The fourth-order valence-electron chi connectivity index (χ4n) is 2.13. The van der Waals surface area contributed by atoms with Gasteiger partial charge < -0.3 is 15.2 Å². The van der Waals surface area contributed by atoms with E-state index in [1.165, 1.54) is 0 Å². The van der Waals surface area contributed by atoms with Gasteiger partial charge in [0.05, 0.1) is 17.8 Å². The second-order valence-corrected chi connectivity index (χ2v) is 4.35. The number of hydrogen-bond acceptors (Lipinski definition) is 4. The Kier molecular flexibility index (Phi) is 2.96. The standard InChI is InChI=1S/C11H17N3O2/c1-7-6-10(16-13-7)9-4-3-5-14(9)11(15)8(2)12/h6,8-9H,3-5,12H2,1-2H3. The molecule has 2 N–H and O–H groups in total. The minimum Gasteiger partial charge on any atom is -0.359 e. The summed E-state index contributed by atoms with van der Waals surface area (Å²) < 4.78 is 5.22. The monoisotopic (exact) mass is 223 g/mol. The summed E-state index contributed by atoms with van der Waals surface area (Å²) in [7, 11) is 0. The van der Waals surface area contributed by atoms with E-state index in [1.807, 2.05) is 13.0 Å². The quantitative estimate of drug-likeness (QED) is 0.811. The highest BCUT2D eigenvalue weighted by molar-refractivity contribution is 5.81. The highest BCUT2D eigenvalue weighted by Gasteiger charge is 2.33. The lowest BCUT2D eigenvalue weighted by atomic mass is 10.1. The van der Waals surface area contributed by atoms with Crippen molar-refractivity contribution in [2.45, 2.75) is 38.8 Å². The molecule has 1 fully saturated rings. The maximum atomic E-state index is 11.9. The van der Waals surface area contributed by atoms with Crippen LogP contribution in [0, 0.1) is 6.92 Å². The second kappa shape index (κ2) is 4.25. The van der Waals surface area contributed by atoms with Crippen LogP contribution in [0.25, 0.3) is 0 Å². The van der Waals surface area contributed by atoms with Crippen molar-refractivity contribution in [1.29, 1.82) is 0 Å². The summed E-state index contributed by atoms with van der Waals surface area (Å²) >= 11 is 0. The summed E-state index contributed by atoms with van der Waals surface area (Å²) in [4.78, 5) is 13.7. The van der Waals surface area contributed by atoms with E-state index < -0.39 is 6.04 Å². The first-order valence-electron chi connectivity index (χ1n) is 5.59. The Balaban J connectivity index is 2.18. The van der Waals surface area contributed by atoms with Crippen LogP contribution >= 0.6 is 0 Å². The molecule has 1 amide bonds. The van der Waals surface area contributed by atoms with Gasteiger partial charge in [0.25, 0.3) is 0 Å². The molecule has 88 valence electrons. The minimum atomic E-state index is -0.454. The van der Waals surface area contributed by atoms with E-state index in [2.05, 4.69) is 5.16 Å². The topological polar surface area (TPSA) is 72.4 Å². The van der Waals surface area contributed by atoms with Crippen molar-refractivity contribution in [3.8, 4) is 0 Å². The molecule has 0 bridgehead atoms. The van der Waals surface area contributed by atoms with Gasteiger partial charge in [0, 0.05) is 12.6 Å². The number of nitrogens with two attached hydrogens (primary N) is 1. The number of aryl methyl sites for hydroxylation is 1. The highest BCUT2D eigenvalue weighted by Crippen LogP contribution is 2.32. The molecule has 2 unspecified atom stereocenters. The van der Waals surface area contributed by atoms with Gasteiger partial charge in [0.1, 0.15) is 0 Å². The largest absolute Gasteiger partial charge is 0.359 e. The zero-order valence-electron chi connectivity index (χ0n) is 9.64. The molecular formula is C11H17N3O2. The maximum Gasteiger partial charge on any atom is 0.239 e. The van der Waals surface area contributed by atoms with Gasteiger partial charge in [-0.15, -0.1) is 0 Å². The molecule has 1 aliphatic rings. The first-order chi connectivity index (χ1) is 7.59. The molecule has 1 saturated heterocycles. The van der Waals surface area contributed by atoms with Gasteiger partial charge in [-0.25, -0.2) is 0 Å². The molecule has 0 saturated carbocycles. The van der Waals surface area contributed by atoms with Crippen molar-refractivity contribution in [1.82, 2.24) is 10.1 Å². The third kappa shape index (κ3) is 1.95. The lowest BCUT2D eigenvalue weighted by Gasteiger charge is -2.24. The molecule has 16 heavy (non-hydrogen) atoms. The number of carbonyl (C=O) groups is 1. The van der Waals surface area contributed by atoms with Gasteiger partial charge >= 0.3 is 0 Å². The van der Waals surface area contributed by atoms with Crippen molar-refractivity contribution >= 4 is 5.91 Å². The summed E-state index contributed by atoms with van der Waals surface area (Å²) in [6, 6.07) is 1.45. The van der Waals surface area contributed by atoms with E-state index in [1.54, 1.807) is 11.8 Å². The number of rotatable bonds is 2. The molecule has 1 aliphatic heterocycles. The first-order valence-corrected chi connectivity index (χ1v) is 5.59. The number of likely N-dealkylation sites (tertiary alicyclic amines) is 1. The molecule has 1 aromatic rings. The Morgan fingerprint density at radius 3 is 3.06 bits per heavy atom. The van der Waals surface area contributed by atoms with Crippen molar-refractivity contribution < 1.29 is 9.32 Å². The number of amides is 1. The van der Waals surface area contributed by atoms with E-state index in [0.29, 0.717) is 0 Å². The average Bonchev–Trinajstić information content (AvgIpc) is 2.83. The molecule has 5 heteroatoms. The van der Waals surface area contributed by atoms with E-state index in [-0.39, 0.29) is 11.9 Å². The molecule has 2 heterocycles. The van der Waals surface area contributed by atoms with Crippen LogP contribution in [0.1, 0.15) is 37.3 Å². The van der Waals surface area contributed by atoms with E-state index in [4.69, 9.17) is 10.3 Å². The summed E-state index contributed by atoms with van der Waals surface area (Å²) in [5, 5.41) is 3.86. The Bertz CT molecular complexity index is 386. The molecule has 5 nitrogen and oxygen atoms in total. The fraction of sp³-hybridized carbons (Fsp3) is 0.636. The minimum absolute atomic E-state index is 0.0136. The smallest absolute Gasteiger partial charge is 0.239 e. The van der Waals surface area contributed by atoms with E-state index in [0.717, 1.165) is 30.8 Å². The van der Waals surface area contributed by atoms with Gasteiger partial charge in [-0.2, -0.15) is 0 Å². The third-order valence-corrected chi connectivity index (χ3v) is 2.90. The zero-order valence-corrected chi connectivity index (χ0v) is 9.64. The molecule has 0 radical (unpaired) electrons. The number of carbonyl (C=O) groups excluding carboxylic acids is 1. The van der Waals surface area contributed by atoms with Crippen LogP contribution < -0.4 is 5.73 Å².